The van der Waals surface area contributed by atoms with Crippen LogP contribution < -0.4 is 0 Å². The van der Waals surface area contributed by atoms with E-state index in [4.69, 9.17) is 15.4 Å². The molecule has 0 aliphatic carbocycles. The number of hydrogen-bond donors (Lipinski definition) is 1. The Kier molecular flexibility index (Phi) is 3.75. The van der Waals surface area contributed by atoms with Crippen molar-refractivity contribution in [2.45, 2.75) is 39.0 Å². The SMILES string of the molecule is CC1O[C@H](CO)[C@H](C)[C@H](C)[C@H]1N=[N+]=[N-]. The Morgan fingerprint density at radius 3 is 2.50 bits per heavy atom. The highest BCUT2D eigenvalue weighted by molar-refractivity contribution is 4.90. The van der Waals surface area contributed by atoms with Crippen LogP contribution in [0.3, 0.4) is 0 Å². The van der Waals surface area contributed by atoms with Gasteiger partial charge in [-0.25, -0.2) is 0 Å². The van der Waals surface area contributed by atoms with Gasteiger partial charge in [-0.05, 0) is 24.3 Å². The van der Waals surface area contributed by atoms with Crippen molar-refractivity contribution in [1.29, 1.82) is 0 Å². The minimum Gasteiger partial charge on any atom is -0.394 e. The van der Waals surface area contributed by atoms with E-state index in [2.05, 4.69) is 10.0 Å². The minimum atomic E-state index is -0.134. The van der Waals surface area contributed by atoms with Gasteiger partial charge in [0.2, 0.25) is 0 Å². The predicted octanol–water partition coefficient (Wildman–Crippen LogP) is 1.72. The van der Waals surface area contributed by atoms with Gasteiger partial charge >= 0.3 is 0 Å². The average Bonchev–Trinajstić information content (AvgIpc) is 2.18. The molecule has 0 radical (unpaired) electrons. The van der Waals surface area contributed by atoms with Gasteiger partial charge in [-0.2, -0.15) is 0 Å². The molecule has 14 heavy (non-hydrogen) atoms. The molecule has 1 fully saturated rings. The molecule has 0 bridgehead atoms. The fourth-order valence-electron chi connectivity index (χ4n) is 2.03. The van der Waals surface area contributed by atoms with E-state index in [-0.39, 0.29) is 36.7 Å². The number of aliphatic hydroxyl groups excluding tert-OH is 1. The van der Waals surface area contributed by atoms with Gasteiger partial charge in [-0.1, -0.05) is 19.0 Å². The molecule has 1 saturated heterocycles. The molecule has 1 N–H and O–H groups in total. The molecule has 0 aromatic rings. The summed E-state index contributed by atoms with van der Waals surface area (Å²) in [6.07, 6.45) is -0.251. The lowest BCUT2D eigenvalue weighted by molar-refractivity contribution is -0.122. The monoisotopic (exact) mass is 199 g/mol. The first-order chi connectivity index (χ1) is 6.61. The van der Waals surface area contributed by atoms with Crippen molar-refractivity contribution in [3.8, 4) is 0 Å². The normalized spacial score (nSPS) is 43.0. The lowest BCUT2D eigenvalue weighted by Crippen LogP contribution is -2.48. The van der Waals surface area contributed by atoms with Gasteiger partial charge in [-0.15, -0.1) is 0 Å². The summed E-state index contributed by atoms with van der Waals surface area (Å²) in [5.74, 6) is 0.457. The highest BCUT2D eigenvalue weighted by Gasteiger charge is 2.38. The van der Waals surface area contributed by atoms with Gasteiger partial charge in [-0.3, -0.25) is 0 Å². The Morgan fingerprint density at radius 2 is 2.00 bits per heavy atom. The fourth-order valence-corrected chi connectivity index (χ4v) is 2.03. The maximum Gasteiger partial charge on any atom is 0.0837 e. The molecule has 80 valence electrons. The maximum atomic E-state index is 9.08. The molecule has 5 atom stereocenters. The molecule has 0 spiro atoms. The van der Waals surface area contributed by atoms with Crippen molar-refractivity contribution in [1.82, 2.24) is 0 Å². The van der Waals surface area contributed by atoms with Crippen LogP contribution in [-0.4, -0.2) is 30.0 Å². The molecular weight excluding hydrogens is 182 g/mol. The molecule has 5 nitrogen and oxygen atoms in total. The molecule has 0 aromatic carbocycles. The van der Waals surface area contributed by atoms with Crippen molar-refractivity contribution in [3.05, 3.63) is 10.4 Å². The Morgan fingerprint density at radius 1 is 1.36 bits per heavy atom. The Bertz CT molecular complexity index is 240. The van der Waals surface area contributed by atoms with Crippen LogP contribution in [0.5, 0.6) is 0 Å². The summed E-state index contributed by atoms with van der Waals surface area (Å²) in [5, 5.41) is 12.8. The lowest BCUT2D eigenvalue weighted by atomic mass is 9.81. The third kappa shape index (κ3) is 2.00. The zero-order valence-electron chi connectivity index (χ0n) is 8.79. The summed E-state index contributed by atoms with van der Waals surface area (Å²) in [6, 6.07) is -0.127. The van der Waals surface area contributed by atoms with E-state index >= 15 is 0 Å². The van der Waals surface area contributed by atoms with E-state index in [0.717, 1.165) is 0 Å². The molecule has 0 amide bonds. The number of nitrogens with zero attached hydrogens (tertiary/aromatic N) is 3. The standard InChI is InChI=1S/C9H17N3O2/c1-5-6(2)9(11-12-10)7(3)14-8(5)4-13/h5-9,13H,4H2,1-3H3/t5-,6+,7?,8-,9-/m1/s1. The second-order valence-corrected chi connectivity index (χ2v) is 3.98. The van der Waals surface area contributed by atoms with Crippen LogP contribution in [0, 0.1) is 11.8 Å². The summed E-state index contributed by atoms with van der Waals surface area (Å²) in [7, 11) is 0. The Labute approximate surface area is 83.7 Å². The van der Waals surface area contributed by atoms with Crippen LogP contribution >= 0.6 is 0 Å². The average molecular weight is 199 g/mol. The van der Waals surface area contributed by atoms with Crippen LogP contribution in [-0.2, 0) is 4.74 Å². The van der Waals surface area contributed by atoms with Crippen LogP contribution in [0.15, 0.2) is 5.11 Å². The first-order valence-electron chi connectivity index (χ1n) is 4.92. The molecule has 1 unspecified atom stereocenters. The van der Waals surface area contributed by atoms with E-state index in [0.29, 0.717) is 0 Å². The van der Waals surface area contributed by atoms with Crippen LogP contribution in [0.2, 0.25) is 0 Å². The van der Waals surface area contributed by atoms with Crippen molar-refractivity contribution >= 4 is 0 Å². The van der Waals surface area contributed by atoms with E-state index in [9.17, 15) is 0 Å². The number of aliphatic hydroxyl groups is 1. The van der Waals surface area contributed by atoms with Gasteiger partial charge < -0.3 is 9.84 Å². The van der Waals surface area contributed by atoms with Gasteiger partial charge in [0.05, 0.1) is 24.9 Å². The van der Waals surface area contributed by atoms with Crippen LogP contribution in [0.1, 0.15) is 20.8 Å². The van der Waals surface area contributed by atoms with Gasteiger partial charge in [0, 0.05) is 4.91 Å². The highest BCUT2D eigenvalue weighted by Crippen LogP contribution is 2.32. The summed E-state index contributed by atoms with van der Waals surface area (Å²) in [4.78, 5) is 2.83. The molecule has 0 aromatic heterocycles. The second-order valence-electron chi connectivity index (χ2n) is 3.98. The largest absolute Gasteiger partial charge is 0.394 e. The summed E-state index contributed by atoms with van der Waals surface area (Å²) >= 11 is 0. The third-order valence-electron chi connectivity index (χ3n) is 3.19. The van der Waals surface area contributed by atoms with Crippen molar-refractivity contribution in [2.24, 2.45) is 17.0 Å². The van der Waals surface area contributed by atoms with E-state index in [1.165, 1.54) is 0 Å². The molecule has 0 saturated carbocycles. The zero-order chi connectivity index (χ0) is 10.7. The zero-order valence-corrected chi connectivity index (χ0v) is 8.79. The predicted molar refractivity (Wildman–Crippen MR) is 52.7 cm³/mol. The van der Waals surface area contributed by atoms with Crippen molar-refractivity contribution in [3.63, 3.8) is 0 Å². The van der Waals surface area contributed by atoms with Crippen LogP contribution in [0.25, 0.3) is 10.4 Å². The summed E-state index contributed by atoms with van der Waals surface area (Å²) in [6.45, 7) is 5.95. The molecule has 1 aliphatic heterocycles. The first-order valence-corrected chi connectivity index (χ1v) is 4.92. The first kappa shape index (κ1) is 11.3. The van der Waals surface area contributed by atoms with Gasteiger partial charge in [0.25, 0.3) is 0 Å². The van der Waals surface area contributed by atoms with Crippen LogP contribution in [0.4, 0.5) is 0 Å². The molecular formula is C9H17N3O2. The summed E-state index contributed by atoms with van der Waals surface area (Å²) < 4.78 is 5.57. The Hall–Kier alpha value is -0.770. The number of azide groups is 1. The summed E-state index contributed by atoms with van der Waals surface area (Å²) in [5.41, 5.74) is 8.42. The lowest BCUT2D eigenvalue weighted by Gasteiger charge is -2.41. The Balaban J connectivity index is 2.78. The second kappa shape index (κ2) is 4.64. The van der Waals surface area contributed by atoms with Crippen molar-refractivity contribution < 1.29 is 9.84 Å². The quantitative estimate of drug-likeness (QED) is 0.417. The number of ether oxygens (including phenoxy) is 1. The minimum absolute atomic E-state index is 0.0266. The van der Waals surface area contributed by atoms with Gasteiger partial charge in [0.15, 0.2) is 0 Å². The molecule has 5 heteroatoms. The van der Waals surface area contributed by atoms with E-state index in [1.807, 2.05) is 20.8 Å². The van der Waals surface area contributed by atoms with Gasteiger partial charge in [0.1, 0.15) is 0 Å². The fraction of sp³-hybridized carbons (Fsp3) is 1.00. The topological polar surface area (TPSA) is 78.2 Å². The van der Waals surface area contributed by atoms with E-state index < -0.39 is 0 Å². The van der Waals surface area contributed by atoms with Crippen molar-refractivity contribution in [2.75, 3.05) is 6.61 Å². The smallest absolute Gasteiger partial charge is 0.0837 e. The molecule has 1 rings (SSSR count). The number of rotatable bonds is 2. The third-order valence-corrected chi connectivity index (χ3v) is 3.19. The highest BCUT2D eigenvalue weighted by atomic mass is 16.5. The number of hydrogen-bond acceptors (Lipinski definition) is 3. The molecule has 1 aliphatic rings. The van der Waals surface area contributed by atoms with E-state index in [1.54, 1.807) is 0 Å². The molecule has 1 heterocycles. The maximum absolute atomic E-state index is 9.08.